The summed E-state index contributed by atoms with van der Waals surface area (Å²) < 4.78 is 0. The van der Waals surface area contributed by atoms with Crippen LogP contribution in [0.1, 0.15) is 17.5 Å². The summed E-state index contributed by atoms with van der Waals surface area (Å²) >= 11 is 0. The van der Waals surface area contributed by atoms with E-state index < -0.39 is 0 Å². The first-order chi connectivity index (χ1) is 11.9. The van der Waals surface area contributed by atoms with Gasteiger partial charge >= 0.3 is 0 Å². The minimum absolute atomic E-state index is 0. The third-order valence-electron chi connectivity index (χ3n) is 4.42. The number of nitrogens with one attached hydrogen (secondary N) is 1. The number of nitrogens with zero attached hydrogens (tertiary/aromatic N) is 2. The molecule has 1 aliphatic carbocycles. The monoisotopic (exact) mass is 331 g/mol. The number of allylic oxidation sites excluding steroid dienone is 2. The van der Waals surface area contributed by atoms with Crippen LogP contribution in [0.2, 0.25) is 0 Å². The van der Waals surface area contributed by atoms with Crippen molar-refractivity contribution in [3.8, 4) is 11.4 Å². The topological polar surface area (TPSA) is 69.3 Å². The summed E-state index contributed by atoms with van der Waals surface area (Å²) in [5.41, 5.74) is 8.57. The van der Waals surface area contributed by atoms with E-state index in [1.54, 1.807) is 0 Å². The maximum absolute atomic E-state index is 4.58. The number of hydrogen-bond acceptors (Lipinski definition) is 3. The van der Waals surface area contributed by atoms with Gasteiger partial charge in [0.05, 0.1) is 11.4 Å². The predicted octanol–water partition coefficient (Wildman–Crippen LogP) is 3.76. The van der Waals surface area contributed by atoms with Gasteiger partial charge in [0.15, 0.2) is 0 Å². The van der Waals surface area contributed by atoms with Crippen LogP contribution >= 0.6 is 0 Å². The fourth-order valence-corrected chi connectivity index (χ4v) is 3.13. The highest BCUT2D eigenvalue weighted by atomic mass is 16.0. The van der Waals surface area contributed by atoms with E-state index in [-0.39, 0.29) is 5.48 Å². The number of pyridine rings is 2. The van der Waals surface area contributed by atoms with Crippen molar-refractivity contribution in [1.29, 1.82) is 0 Å². The third-order valence-corrected chi connectivity index (χ3v) is 4.42. The van der Waals surface area contributed by atoms with E-state index in [0.29, 0.717) is 0 Å². The lowest BCUT2D eigenvalue weighted by Gasteiger charge is -2.06. The highest BCUT2D eigenvalue weighted by Gasteiger charge is 2.26. The molecule has 1 aliphatic rings. The van der Waals surface area contributed by atoms with Gasteiger partial charge in [0.25, 0.3) is 0 Å². The molecule has 0 bridgehead atoms. The number of anilines is 1. The fraction of sp³-hybridized carbons (Fsp3) is 0.143. The molecule has 3 N–H and O–H groups in total. The molecule has 2 aromatic heterocycles. The minimum atomic E-state index is 0. The van der Waals surface area contributed by atoms with Crippen LogP contribution in [0.25, 0.3) is 17.0 Å². The summed E-state index contributed by atoms with van der Waals surface area (Å²) in [6.45, 7) is 0. The molecule has 0 radical (unpaired) electrons. The highest BCUT2D eigenvalue weighted by Crippen LogP contribution is 2.45. The number of hydrogen-bond donors (Lipinski definition) is 1. The lowest BCUT2D eigenvalue weighted by atomic mass is 10.1. The average Bonchev–Trinajstić information content (AvgIpc) is 3.42. The first-order valence-corrected chi connectivity index (χ1v) is 8.20. The molecule has 3 aromatic rings. The molecule has 0 amide bonds. The van der Waals surface area contributed by atoms with Crippen LogP contribution in [0, 0.1) is 0 Å². The van der Waals surface area contributed by atoms with Crippen molar-refractivity contribution in [2.24, 2.45) is 0 Å². The first-order valence-electron chi connectivity index (χ1n) is 8.20. The quantitative estimate of drug-likeness (QED) is 0.774. The van der Waals surface area contributed by atoms with E-state index in [4.69, 9.17) is 0 Å². The molecule has 1 aromatic carbocycles. The number of rotatable bonds is 5. The van der Waals surface area contributed by atoms with Crippen LogP contribution in [-0.2, 0) is 6.42 Å². The van der Waals surface area contributed by atoms with Crippen molar-refractivity contribution in [1.82, 2.24) is 9.97 Å². The van der Waals surface area contributed by atoms with Gasteiger partial charge in [-0.15, -0.1) is 0 Å². The fourth-order valence-electron chi connectivity index (χ4n) is 3.13. The molecule has 4 rings (SSSR count). The maximum Gasteiger partial charge on any atom is 0.0961 e. The van der Waals surface area contributed by atoms with Crippen molar-refractivity contribution >= 4 is 11.3 Å². The average molecular weight is 331 g/mol. The first kappa shape index (κ1) is 16.9. The number of benzene rings is 1. The molecule has 25 heavy (non-hydrogen) atoms. The normalized spacial score (nSPS) is 12.5. The molecule has 0 spiro atoms. The Balaban J connectivity index is 0.00000182. The molecular formula is C21H21N3O. The Morgan fingerprint density at radius 1 is 0.920 bits per heavy atom. The van der Waals surface area contributed by atoms with E-state index >= 15 is 0 Å². The largest absolute Gasteiger partial charge is 0.412 e. The standard InChI is InChI=1S/C21H19N3.H2O/c1-22-19-9-3-2-7-15(19)13-16-14-18(16)17-8-6-12-24-21(17)20-10-4-5-11-23-20;/h2-12,22H,13-14H2,1H3;1H2. The summed E-state index contributed by atoms with van der Waals surface area (Å²) in [6, 6.07) is 18.6. The predicted molar refractivity (Wildman–Crippen MR) is 102 cm³/mol. The molecule has 0 atom stereocenters. The van der Waals surface area contributed by atoms with Gasteiger partial charge in [0.2, 0.25) is 0 Å². The lowest BCUT2D eigenvalue weighted by molar-refractivity contribution is 0.824. The van der Waals surface area contributed by atoms with Gasteiger partial charge in [-0.25, -0.2) is 0 Å². The molecule has 4 nitrogen and oxygen atoms in total. The second-order valence-electron chi connectivity index (χ2n) is 5.96. The summed E-state index contributed by atoms with van der Waals surface area (Å²) in [7, 11) is 1.97. The molecule has 0 unspecified atom stereocenters. The van der Waals surface area contributed by atoms with Crippen molar-refractivity contribution < 1.29 is 5.48 Å². The Morgan fingerprint density at radius 3 is 2.52 bits per heavy atom. The van der Waals surface area contributed by atoms with Gasteiger partial charge in [-0.2, -0.15) is 0 Å². The minimum Gasteiger partial charge on any atom is -0.412 e. The Bertz CT molecular complexity index is 904. The lowest BCUT2D eigenvalue weighted by Crippen LogP contribution is -1.94. The molecule has 126 valence electrons. The van der Waals surface area contributed by atoms with Gasteiger partial charge in [0.1, 0.15) is 0 Å². The summed E-state index contributed by atoms with van der Waals surface area (Å²) in [5.74, 6) is 0. The Kier molecular flexibility index (Phi) is 4.91. The van der Waals surface area contributed by atoms with Crippen molar-refractivity contribution in [2.45, 2.75) is 12.8 Å². The van der Waals surface area contributed by atoms with Crippen LogP contribution in [0.5, 0.6) is 0 Å². The van der Waals surface area contributed by atoms with Crippen LogP contribution in [0.15, 0.2) is 72.6 Å². The second-order valence-corrected chi connectivity index (χ2v) is 5.96. The second kappa shape index (κ2) is 7.28. The van der Waals surface area contributed by atoms with Crippen LogP contribution < -0.4 is 5.32 Å². The van der Waals surface area contributed by atoms with Crippen molar-refractivity contribution in [3.05, 3.63) is 83.7 Å². The Morgan fingerprint density at radius 2 is 1.72 bits per heavy atom. The molecule has 4 heteroatoms. The number of aromatic nitrogens is 2. The summed E-state index contributed by atoms with van der Waals surface area (Å²) in [4.78, 5) is 9.04. The van der Waals surface area contributed by atoms with E-state index in [1.165, 1.54) is 28.0 Å². The van der Waals surface area contributed by atoms with E-state index in [1.807, 2.05) is 43.7 Å². The Labute approximate surface area is 147 Å². The number of para-hydroxylation sites is 1. The van der Waals surface area contributed by atoms with E-state index in [0.717, 1.165) is 24.2 Å². The van der Waals surface area contributed by atoms with Crippen LogP contribution in [0.3, 0.4) is 0 Å². The summed E-state index contributed by atoms with van der Waals surface area (Å²) in [5, 5.41) is 3.28. The van der Waals surface area contributed by atoms with Crippen molar-refractivity contribution in [2.75, 3.05) is 12.4 Å². The van der Waals surface area contributed by atoms with Gasteiger partial charge in [-0.1, -0.05) is 35.9 Å². The van der Waals surface area contributed by atoms with Gasteiger partial charge in [-0.3, -0.25) is 9.97 Å². The molecule has 0 saturated carbocycles. The maximum atomic E-state index is 4.58. The molecule has 0 saturated heterocycles. The third kappa shape index (κ3) is 3.44. The molecule has 0 aliphatic heterocycles. The SMILES string of the molecule is CNc1ccccc1CC1=C(c2cccnc2-c2ccccn2)C1.O. The smallest absolute Gasteiger partial charge is 0.0961 e. The summed E-state index contributed by atoms with van der Waals surface area (Å²) in [6.07, 6.45) is 5.71. The van der Waals surface area contributed by atoms with Crippen molar-refractivity contribution in [3.63, 3.8) is 0 Å². The zero-order valence-electron chi connectivity index (χ0n) is 14.2. The zero-order valence-corrected chi connectivity index (χ0v) is 14.2. The van der Waals surface area contributed by atoms with Crippen LogP contribution in [0.4, 0.5) is 5.69 Å². The van der Waals surface area contributed by atoms with Gasteiger partial charge in [0, 0.05) is 30.7 Å². The molecule has 0 fully saturated rings. The van der Waals surface area contributed by atoms with E-state index in [9.17, 15) is 0 Å². The van der Waals surface area contributed by atoms with Gasteiger partial charge < -0.3 is 10.8 Å². The van der Waals surface area contributed by atoms with Gasteiger partial charge in [-0.05, 0) is 48.2 Å². The Hall–Kier alpha value is -2.98. The van der Waals surface area contributed by atoms with Crippen LogP contribution in [-0.4, -0.2) is 22.5 Å². The highest BCUT2D eigenvalue weighted by molar-refractivity contribution is 5.89. The molecular weight excluding hydrogens is 310 g/mol. The zero-order chi connectivity index (χ0) is 16.4. The van der Waals surface area contributed by atoms with E-state index in [2.05, 4.69) is 45.6 Å². The molecule has 2 heterocycles.